The van der Waals surface area contributed by atoms with E-state index in [0.29, 0.717) is 18.0 Å². The van der Waals surface area contributed by atoms with Crippen LogP contribution in [0.5, 0.6) is 11.5 Å². The molecule has 0 bridgehead atoms. The van der Waals surface area contributed by atoms with Crippen LogP contribution in [0.25, 0.3) is 0 Å². The summed E-state index contributed by atoms with van der Waals surface area (Å²) in [5, 5.41) is 2.65. The summed E-state index contributed by atoms with van der Waals surface area (Å²) in [5.74, 6) is 0.724. The van der Waals surface area contributed by atoms with Gasteiger partial charge in [0.25, 0.3) is 0 Å². The van der Waals surface area contributed by atoms with Gasteiger partial charge in [-0.05, 0) is 19.1 Å². The predicted octanol–water partition coefficient (Wildman–Crippen LogP) is 1.36. The number of nitrogens with zero attached hydrogens (tertiary/aromatic N) is 1. The zero-order chi connectivity index (χ0) is 16.3. The molecule has 0 saturated carbocycles. The Hall–Kier alpha value is -2.24. The Morgan fingerprint density at radius 3 is 2.64 bits per heavy atom. The van der Waals surface area contributed by atoms with E-state index in [-0.39, 0.29) is 24.3 Å². The SMILES string of the molecule is CCN1C(=O)C[C@H](C(=O)NC)[C@@H]1c1ccc(OC)cc1OC. The van der Waals surface area contributed by atoms with E-state index in [2.05, 4.69) is 5.32 Å². The van der Waals surface area contributed by atoms with Crippen LogP contribution in [0.2, 0.25) is 0 Å². The summed E-state index contributed by atoms with van der Waals surface area (Å²) in [4.78, 5) is 26.1. The first-order valence-corrected chi connectivity index (χ1v) is 7.30. The highest BCUT2D eigenvalue weighted by atomic mass is 16.5. The first-order chi connectivity index (χ1) is 10.6. The molecule has 120 valence electrons. The summed E-state index contributed by atoms with van der Waals surface area (Å²) in [6, 6.07) is 5.13. The molecular weight excluding hydrogens is 284 g/mol. The van der Waals surface area contributed by atoms with E-state index in [1.54, 1.807) is 32.2 Å². The molecule has 2 atom stereocenters. The summed E-state index contributed by atoms with van der Waals surface area (Å²) < 4.78 is 10.6. The summed E-state index contributed by atoms with van der Waals surface area (Å²) in [6.45, 7) is 2.46. The lowest BCUT2D eigenvalue weighted by molar-refractivity contribution is -0.129. The van der Waals surface area contributed by atoms with Gasteiger partial charge < -0.3 is 19.7 Å². The largest absolute Gasteiger partial charge is 0.497 e. The number of benzene rings is 1. The minimum atomic E-state index is -0.417. The lowest BCUT2D eigenvalue weighted by Crippen LogP contribution is -2.34. The minimum absolute atomic E-state index is 0.0148. The number of amides is 2. The highest BCUT2D eigenvalue weighted by Crippen LogP contribution is 2.42. The first-order valence-electron chi connectivity index (χ1n) is 7.30. The Labute approximate surface area is 130 Å². The van der Waals surface area contributed by atoms with Crippen LogP contribution in [-0.2, 0) is 9.59 Å². The number of rotatable bonds is 5. The molecule has 2 amide bonds. The fraction of sp³-hybridized carbons (Fsp3) is 0.500. The molecule has 0 aromatic heterocycles. The predicted molar refractivity (Wildman–Crippen MR) is 81.8 cm³/mol. The standard InChI is InChI=1S/C16H22N2O4/c1-5-18-14(19)9-12(16(20)17-2)15(18)11-7-6-10(21-3)8-13(11)22-4/h6-8,12,15H,5,9H2,1-4H3,(H,17,20)/t12-,15-/m0/s1. The van der Waals surface area contributed by atoms with E-state index < -0.39 is 5.92 Å². The van der Waals surface area contributed by atoms with Crippen LogP contribution in [0.1, 0.15) is 24.9 Å². The molecule has 2 rings (SSSR count). The van der Waals surface area contributed by atoms with Gasteiger partial charge in [-0.3, -0.25) is 9.59 Å². The fourth-order valence-corrected chi connectivity index (χ4v) is 3.03. The van der Waals surface area contributed by atoms with Gasteiger partial charge in [-0.25, -0.2) is 0 Å². The van der Waals surface area contributed by atoms with Crippen LogP contribution in [-0.4, -0.2) is 44.5 Å². The molecule has 0 radical (unpaired) electrons. The van der Waals surface area contributed by atoms with Crippen molar-refractivity contribution < 1.29 is 19.1 Å². The maximum Gasteiger partial charge on any atom is 0.225 e. The van der Waals surface area contributed by atoms with Crippen molar-refractivity contribution in [2.75, 3.05) is 27.8 Å². The number of likely N-dealkylation sites (tertiary alicyclic amines) is 1. The maximum atomic E-state index is 12.2. The maximum absolute atomic E-state index is 12.2. The second-order valence-electron chi connectivity index (χ2n) is 5.16. The molecular formula is C16H22N2O4. The molecule has 0 aliphatic carbocycles. The normalized spacial score (nSPS) is 20.9. The van der Waals surface area contributed by atoms with Crippen molar-refractivity contribution in [2.45, 2.75) is 19.4 Å². The molecule has 22 heavy (non-hydrogen) atoms. The van der Waals surface area contributed by atoms with Crippen LogP contribution in [0.4, 0.5) is 0 Å². The van der Waals surface area contributed by atoms with Gasteiger partial charge in [0.15, 0.2) is 0 Å². The molecule has 6 nitrogen and oxygen atoms in total. The third-order valence-electron chi connectivity index (χ3n) is 4.11. The molecule has 0 spiro atoms. The molecule has 0 unspecified atom stereocenters. The van der Waals surface area contributed by atoms with E-state index >= 15 is 0 Å². The third kappa shape index (κ3) is 2.73. The summed E-state index contributed by atoms with van der Waals surface area (Å²) in [5.41, 5.74) is 0.824. The van der Waals surface area contributed by atoms with Crippen LogP contribution in [0.3, 0.4) is 0 Å². The van der Waals surface area contributed by atoms with Crippen molar-refractivity contribution in [1.29, 1.82) is 0 Å². The van der Waals surface area contributed by atoms with Gasteiger partial charge in [-0.15, -0.1) is 0 Å². The van der Waals surface area contributed by atoms with Gasteiger partial charge in [-0.2, -0.15) is 0 Å². The minimum Gasteiger partial charge on any atom is -0.497 e. The summed E-state index contributed by atoms with van der Waals surface area (Å²) in [6.07, 6.45) is 0.216. The van der Waals surface area contributed by atoms with Gasteiger partial charge in [0.2, 0.25) is 11.8 Å². The molecule has 1 heterocycles. The molecule has 1 saturated heterocycles. The summed E-state index contributed by atoms with van der Waals surface area (Å²) >= 11 is 0. The van der Waals surface area contributed by atoms with E-state index in [4.69, 9.17) is 9.47 Å². The van der Waals surface area contributed by atoms with Gasteiger partial charge in [0, 0.05) is 31.6 Å². The summed E-state index contributed by atoms with van der Waals surface area (Å²) in [7, 11) is 4.74. The van der Waals surface area contributed by atoms with Crippen LogP contribution in [0.15, 0.2) is 18.2 Å². The number of hydrogen-bond donors (Lipinski definition) is 1. The van der Waals surface area contributed by atoms with Crippen LogP contribution < -0.4 is 14.8 Å². The molecule has 1 aliphatic rings. The number of nitrogens with one attached hydrogen (secondary N) is 1. The Morgan fingerprint density at radius 2 is 2.09 bits per heavy atom. The average molecular weight is 306 g/mol. The Kier molecular flexibility index (Phi) is 4.90. The number of carbonyl (C=O) groups is 2. The Bertz CT molecular complexity index is 571. The first kappa shape index (κ1) is 16.1. The molecule has 6 heteroatoms. The number of methoxy groups -OCH3 is 2. The van der Waals surface area contributed by atoms with E-state index in [9.17, 15) is 9.59 Å². The fourth-order valence-electron chi connectivity index (χ4n) is 3.03. The monoisotopic (exact) mass is 306 g/mol. The zero-order valence-corrected chi connectivity index (χ0v) is 13.4. The zero-order valence-electron chi connectivity index (χ0n) is 13.4. The number of hydrogen-bond acceptors (Lipinski definition) is 4. The average Bonchev–Trinajstić information content (AvgIpc) is 2.89. The third-order valence-corrected chi connectivity index (χ3v) is 4.11. The highest BCUT2D eigenvalue weighted by Gasteiger charge is 2.44. The molecule has 1 aromatic carbocycles. The molecule has 1 aliphatic heterocycles. The lowest BCUT2D eigenvalue weighted by atomic mass is 9.92. The van der Waals surface area contributed by atoms with E-state index in [1.807, 2.05) is 19.1 Å². The van der Waals surface area contributed by atoms with Crippen molar-refractivity contribution in [3.8, 4) is 11.5 Å². The second-order valence-corrected chi connectivity index (χ2v) is 5.16. The van der Waals surface area contributed by atoms with Crippen molar-refractivity contribution in [3.63, 3.8) is 0 Å². The van der Waals surface area contributed by atoms with E-state index in [1.165, 1.54) is 0 Å². The van der Waals surface area contributed by atoms with Gasteiger partial charge in [0.1, 0.15) is 11.5 Å². The van der Waals surface area contributed by atoms with Crippen molar-refractivity contribution >= 4 is 11.8 Å². The van der Waals surface area contributed by atoms with Crippen LogP contribution in [0, 0.1) is 5.92 Å². The molecule has 1 fully saturated rings. The van der Waals surface area contributed by atoms with Crippen molar-refractivity contribution in [1.82, 2.24) is 10.2 Å². The topological polar surface area (TPSA) is 67.9 Å². The van der Waals surface area contributed by atoms with E-state index in [0.717, 1.165) is 5.56 Å². The number of carbonyl (C=O) groups excluding carboxylic acids is 2. The quantitative estimate of drug-likeness (QED) is 0.892. The Balaban J connectivity index is 2.49. The van der Waals surface area contributed by atoms with Crippen molar-refractivity contribution in [3.05, 3.63) is 23.8 Å². The molecule has 1 N–H and O–H groups in total. The van der Waals surface area contributed by atoms with Gasteiger partial charge in [0.05, 0.1) is 26.2 Å². The van der Waals surface area contributed by atoms with Crippen molar-refractivity contribution in [2.24, 2.45) is 5.92 Å². The second kappa shape index (κ2) is 6.68. The smallest absolute Gasteiger partial charge is 0.225 e. The molecule has 1 aromatic rings. The van der Waals surface area contributed by atoms with Gasteiger partial charge in [-0.1, -0.05) is 0 Å². The number of ether oxygens (including phenoxy) is 2. The highest BCUT2D eigenvalue weighted by molar-refractivity contribution is 5.90. The Morgan fingerprint density at radius 1 is 1.36 bits per heavy atom. The lowest BCUT2D eigenvalue weighted by Gasteiger charge is -2.28. The van der Waals surface area contributed by atoms with Gasteiger partial charge >= 0.3 is 0 Å². The van der Waals surface area contributed by atoms with Crippen LogP contribution >= 0.6 is 0 Å².